The predicted octanol–water partition coefficient (Wildman–Crippen LogP) is 5.58. The topological polar surface area (TPSA) is 67.2 Å². The number of halogens is 2. The fourth-order valence-electron chi connectivity index (χ4n) is 4.31. The van der Waals surface area contributed by atoms with Gasteiger partial charge in [-0.05, 0) is 54.8 Å². The number of carbonyl (C=O) groups is 1. The molecule has 0 saturated carbocycles. The molecule has 1 aliphatic heterocycles. The maximum Gasteiger partial charge on any atom is 0.260 e. The Morgan fingerprint density at radius 2 is 1.68 bits per heavy atom. The SMILES string of the molecule is CCn1c(N[C@H](c2ccc(Cl)cc2)C(C)C)nc2c(c1=O)CN(C(=O)c1ccc(Cl)cc1)CC2. The summed E-state index contributed by atoms with van der Waals surface area (Å²) in [7, 11) is 0. The molecule has 34 heavy (non-hydrogen) atoms. The van der Waals surface area contributed by atoms with Gasteiger partial charge in [-0.15, -0.1) is 0 Å². The number of hydrogen-bond acceptors (Lipinski definition) is 4. The molecule has 2 heterocycles. The highest BCUT2D eigenvalue weighted by Crippen LogP contribution is 2.28. The van der Waals surface area contributed by atoms with Crippen LogP contribution in [0.3, 0.4) is 0 Å². The van der Waals surface area contributed by atoms with Gasteiger partial charge >= 0.3 is 0 Å². The molecule has 0 unspecified atom stereocenters. The Labute approximate surface area is 209 Å². The third-order valence-corrected chi connectivity index (χ3v) is 6.69. The molecule has 3 aromatic rings. The van der Waals surface area contributed by atoms with Crippen molar-refractivity contribution in [3.8, 4) is 0 Å². The minimum atomic E-state index is -0.116. The highest BCUT2D eigenvalue weighted by atomic mass is 35.5. The van der Waals surface area contributed by atoms with E-state index in [1.54, 1.807) is 33.7 Å². The quantitative estimate of drug-likeness (QED) is 0.481. The minimum Gasteiger partial charge on any atom is -0.348 e. The highest BCUT2D eigenvalue weighted by Gasteiger charge is 2.28. The van der Waals surface area contributed by atoms with Crippen LogP contribution in [0.1, 0.15) is 54.0 Å². The average molecular weight is 499 g/mol. The second-order valence-electron chi connectivity index (χ2n) is 8.81. The lowest BCUT2D eigenvalue weighted by molar-refractivity contribution is 0.0732. The molecule has 6 nitrogen and oxygen atoms in total. The first kappa shape index (κ1) is 24.3. The molecule has 1 aliphatic rings. The third-order valence-electron chi connectivity index (χ3n) is 6.19. The van der Waals surface area contributed by atoms with Crippen LogP contribution in [0, 0.1) is 5.92 Å². The van der Waals surface area contributed by atoms with Gasteiger partial charge in [0.15, 0.2) is 0 Å². The summed E-state index contributed by atoms with van der Waals surface area (Å²) in [5.41, 5.74) is 2.85. The fourth-order valence-corrected chi connectivity index (χ4v) is 4.56. The van der Waals surface area contributed by atoms with Crippen LogP contribution in [0.2, 0.25) is 10.0 Å². The maximum atomic E-state index is 13.5. The fraction of sp³-hybridized carbons (Fsp3) is 0.346. The molecule has 2 aromatic carbocycles. The lowest BCUT2D eigenvalue weighted by atomic mass is 9.96. The molecule has 0 aliphatic carbocycles. The van der Waals surface area contributed by atoms with E-state index in [0.29, 0.717) is 46.6 Å². The van der Waals surface area contributed by atoms with Crippen molar-refractivity contribution in [1.82, 2.24) is 14.5 Å². The maximum absolute atomic E-state index is 13.5. The average Bonchev–Trinajstić information content (AvgIpc) is 2.83. The van der Waals surface area contributed by atoms with Gasteiger partial charge < -0.3 is 10.2 Å². The molecule has 1 amide bonds. The second kappa shape index (κ2) is 10.2. The smallest absolute Gasteiger partial charge is 0.260 e. The van der Waals surface area contributed by atoms with Crippen molar-refractivity contribution < 1.29 is 4.79 Å². The molecule has 0 saturated heterocycles. The number of hydrogen-bond donors (Lipinski definition) is 1. The van der Waals surface area contributed by atoms with Gasteiger partial charge in [-0.2, -0.15) is 0 Å². The number of aromatic nitrogens is 2. The van der Waals surface area contributed by atoms with E-state index < -0.39 is 0 Å². The Hall–Kier alpha value is -2.83. The molecule has 0 fully saturated rings. The van der Waals surface area contributed by atoms with E-state index in [4.69, 9.17) is 28.2 Å². The third kappa shape index (κ3) is 4.98. The molecular formula is C26H28Cl2N4O2. The van der Waals surface area contributed by atoms with E-state index in [1.165, 1.54) is 0 Å². The van der Waals surface area contributed by atoms with Gasteiger partial charge in [0.25, 0.3) is 11.5 Å². The van der Waals surface area contributed by atoms with Crippen molar-refractivity contribution in [2.45, 2.75) is 46.3 Å². The van der Waals surface area contributed by atoms with E-state index in [0.717, 1.165) is 11.3 Å². The normalized spacial score (nSPS) is 14.1. The van der Waals surface area contributed by atoms with Gasteiger partial charge in [0.2, 0.25) is 5.95 Å². The van der Waals surface area contributed by atoms with Gasteiger partial charge in [-0.25, -0.2) is 4.98 Å². The summed E-state index contributed by atoms with van der Waals surface area (Å²) < 4.78 is 1.65. The Kier molecular flexibility index (Phi) is 7.29. The zero-order valence-electron chi connectivity index (χ0n) is 19.5. The number of benzene rings is 2. The summed E-state index contributed by atoms with van der Waals surface area (Å²) in [6, 6.07) is 14.5. The van der Waals surface area contributed by atoms with E-state index in [1.807, 2.05) is 31.2 Å². The summed E-state index contributed by atoms with van der Waals surface area (Å²) in [4.78, 5) is 33.0. The van der Waals surface area contributed by atoms with Crippen LogP contribution >= 0.6 is 23.2 Å². The van der Waals surface area contributed by atoms with Crippen LogP contribution in [0.4, 0.5) is 5.95 Å². The number of nitrogens with one attached hydrogen (secondary N) is 1. The van der Waals surface area contributed by atoms with Crippen LogP contribution < -0.4 is 10.9 Å². The molecule has 8 heteroatoms. The van der Waals surface area contributed by atoms with Gasteiger partial charge in [-0.3, -0.25) is 14.2 Å². The van der Waals surface area contributed by atoms with Crippen molar-refractivity contribution in [3.63, 3.8) is 0 Å². The van der Waals surface area contributed by atoms with E-state index >= 15 is 0 Å². The Morgan fingerprint density at radius 1 is 1.06 bits per heavy atom. The van der Waals surface area contributed by atoms with Crippen LogP contribution in [0.15, 0.2) is 53.3 Å². The molecular weight excluding hydrogens is 471 g/mol. The summed E-state index contributed by atoms with van der Waals surface area (Å²) >= 11 is 12.0. The minimum absolute atomic E-state index is 0.0356. The van der Waals surface area contributed by atoms with Crippen molar-refractivity contribution >= 4 is 35.1 Å². The summed E-state index contributed by atoms with van der Waals surface area (Å²) in [5, 5.41) is 4.76. The van der Waals surface area contributed by atoms with Gasteiger partial charge in [0.05, 0.1) is 23.8 Å². The lowest BCUT2D eigenvalue weighted by Gasteiger charge is -2.30. The summed E-state index contributed by atoms with van der Waals surface area (Å²) in [6.45, 7) is 7.39. The number of carbonyl (C=O) groups excluding carboxylic acids is 1. The Bertz CT molecular complexity index is 1240. The molecule has 1 aromatic heterocycles. The van der Waals surface area contributed by atoms with E-state index in [9.17, 15) is 9.59 Å². The molecule has 0 radical (unpaired) electrons. The van der Waals surface area contributed by atoms with E-state index in [2.05, 4.69) is 19.2 Å². The van der Waals surface area contributed by atoms with Crippen molar-refractivity contribution in [2.75, 3.05) is 11.9 Å². The summed E-state index contributed by atoms with van der Waals surface area (Å²) in [5.74, 6) is 0.693. The number of amides is 1. The zero-order valence-corrected chi connectivity index (χ0v) is 21.0. The first-order valence-electron chi connectivity index (χ1n) is 11.5. The van der Waals surface area contributed by atoms with Crippen molar-refractivity contribution in [3.05, 3.63) is 91.3 Å². The van der Waals surface area contributed by atoms with Gasteiger partial charge in [-0.1, -0.05) is 49.2 Å². The van der Waals surface area contributed by atoms with Crippen LogP contribution in [0.5, 0.6) is 0 Å². The monoisotopic (exact) mass is 498 g/mol. The lowest BCUT2D eigenvalue weighted by Crippen LogP contribution is -2.41. The molecule has 4 rings (SSSR count). The Balaban J connectivity index is 1.64. The molecule has 1 N–H and O–H groups in total. The van der Waals surface area contributed by atoms with Crippen molar-refractivity contribution in [1.29, 1.82) is 0 Å². The number of rotatable bonds is 6. The molecule has 0 bridgehead atoms. The largest absolute Gasteiger partial charge is 0.348 e. The standard InChI is InChI=1S/C26H28Cl2N4O2/c1-4-32-25(34)21-15-31(24(33)18-7-11-20(28)12-8-18)14-13-22(21)29-26(32)30-23(16(2)3)17-5-9-19(27)10-6-17/h5-12,16,23H,4,13-15H2,1-3H3,(H,29,30)/t23-/m0/s1. The van der Waals surface area contributed by atoms with Gasteiger partial charge in [0, 0.05) is 35.1 Å². The van der Waals surface area contributed by atoms with Crippen LogP contribution in [-0.4, -0.2) is 26.9 Å². The van der Waals surface area contributed by atoms with Crippen LogP contribution in [0.25, 0.3) is 0 Å². The number of nitrogens with zero attached hydrogens (tertiary/aromatic N) is 3. The van der Waals surface area contributed by atoms with Crippen LogP contribution in [-0.2, 0) is 19.5 Å². The van der Waals surface area contributed by atoms with Gasteiger partial charge in [0.1, 0.15) is 0 Å². The Morgan fingerprint density at radius 3 is 2.26 bits per heavy atom. The number of fused-ring (bicyclic) bond motifs is 1. The predicted molar refractivity (Wildman–Crippen MR) is 137 cm³/mol. The first-order chi connectivity index (χ1) is 16.3. The van der Waals surface area contributed by atoms with E-state index in [-0.39, 0.29) is 30.0 Å². The first-order valence-corrected chi connectivity index (χ1v) is 12.2. The molecule has 0 spiro atoms. The van der Waals surface area contributed by atoms with Crippen molar-refractivity contribution in [2.24, 2.45) is 5.92 Å². The number of anilines is 1. The highest BCUT2D eigenvalue weighted by molar-refractivity contribution is 6.30. The second-order valence-corrected chi connectivity index (χ2v) is 9.68. The summed E-state index contributed by atoms with van der Waals surface area (Å²) in [6.07, 6.45) is 0.524. The zero-order chi connectivity index (χ0) is 24.4. The molecule has 1 atom stereocenters. The molecule has 178 valence electrons.